The predicted octanol–water partition coefficient (Wildman–Crippen LogP) is 0.442. The number of amides is 1. The van der Waals surface area contributed by atoms with Crippen LogP contribution in [0.5, 0.6) is 0 Å². The zero-order valence-electron chi connectivity index (χ0n) is 10.8. The second-order valence-corrected chi connectivity index (χ2v) is 4.58. The van der Waals surface area contributed by atoms with Crippen molar-refractivity contribution in [3.8, 4) is 0 Å². The van der Waals surface area contributed by atoms with Crippen molar-refractivity contribution in [2.75, 3.05) is 13.7 Å². The molecule has 0 aromatic rings. The molecule has 1 fully saturated rings. The van der Waals surface area contributed by atoms with Gasteiger partial charge in [0.05, 0.1) is 7.11 Å². The van der Waals surface area contributed by atoms with Crippen molar-refractivity contribution in [1.29, 1.82) is 0 Å². The second kappa shape index (κ2) is 6.59. The summed E-state index contributed by atoms with van der Waals surface area (Å²) in [5, 5.41) is 5.88. The molecule has 3 atom stereocenters. The van der Waals surface area contributed by atoms with E-state index in [1.54, 1.807) is 0 Å². The molecule has 5 heteroatoms. The maximum Gasteiger partial charge on any atom is 0.329 e. The van der Waals surface area contributed by atoms with Gasteiger partial charge in [0.2, 0.25) is 5.91 Å². The number of rotatable bonds is 7. The van der Waals surface area contributed by atoms with Crippen LogP contribution in [0.2, 0.25) is 0 Å². The lowest BCUT2D eigenvalue weighted by Gasteiger charge is -2.16. The van der Waals surface area contributed by atoms with E-state index < -0.39 is 12.0 Å². The molecule has 0 aromatic heterocycles. The van der Waals surface area contributed by atoms with Crippen LogP contribution in [0.3, 0.4) is 0 Å². The van der Waals surface area contributed by atoms with Gasteiger partial charge < -0.3 is 15.4 Å². The first-order chi connectivity index (χ1) is 8.08. The molecule has 2 N–H and O–H groups in total. The van der Waals surface area contributed by atoms with Crippen LogP contribution in [-0.4, -0.2) is 37.6 Å². The van der Waals surface area contributed by atoms with E-state index in [9.17, 15) is 9.59 Å². The Bertz CT molecular complexity index is 281. The highest BCUT2D eigenvalue weighted by Crippen LogP contribution is 2.34. The van der Waals surface area contributed by atoms with Gasteiger partial charge in [-0.2, -0.15) is 0 Å². The number of hydrogen-bond acceptors (Lipinski definition) is 4. The molecule has 0 aromatic carbocycles. The summed E-state index contributed by atoms with van der Waals surface area (Å²) in [5.41, 5.74) is 0. The smallest absolute Gasteiger partial charge is 0.329 e. The summed E-state index contributed by atoms with van der Waals surface area (Å²) in [6.07, 6.45) is 3.58. The Hall–Kier alpha value is -1.10. The summed E-state index contributed by atoms with van der Waals surface area (Å²) in [6.45, 7) is 4.01. The molecular weight excluding hydrogens is 220 g/mol. The van der Waals surface area contributed by atoms with Gasteiger partial charge in [0.15, 0.2) is 0 Å². The van der Waals surface area contributed by atoms with Crippen molar-refractivity contribution in [3.05, 3.63) is 0 Å². The van der Waals surface area contributed by atoms with Gasteiger partial charge in [0, 0.05) is 19.5 Å². The van der Waals surface area contributed by atoms with Crippen molar-refractivity contribution < 1.29 is 14.3 Å². The topological polar surface area (TPSA) is 67.4 Å². The Morgan fingerprint density at radius 2 is 2.18 bits per heavy atom. The molecular formula is C12H22N2O3. The summed E-state index contributed by atoms with van der Waals surface area (Å²) in [6, 6.07) is -0.0868. The van der Waals surface area contributed by atoms with Crippen molar-refractivity contribution in [2.45, 2.75) is 45.2 Å². The summed E-state index contributed by atoms with van der Waals surface area (Å²) in [7, 11) is 1.33. The number of nitrogens with one attached hydrogen (secondary N) is 2. The standard InChI is InChI=1S/C12H22N2O3/c1-4-5-9-6-10(9)13-7-11(12(16)17-3)14-8(2)15/h9-11,13H,4-7H2,1-3H3,(H,14,15). The van der Waals surface area contributed by atoms with E-state index in [2.05, 4.69) is 22.3 Å². The number of hydrogen-bond donors (Lipinski definition) is 2. The molecule has 0 radical (unpaired) electrons. The molecule has 1 aliphatic rings. The first-order valence-corrected chi connectivity index (χ1v) is 6.16. The molecule has 1 rings (SSSR count). The lowest BCUT2D eigenvalue weighted by atomic mass is 10.2. The van der Waals surface area contributed by atoms with Crippen LogP contribution in [0.25, 0.3) is 0 Å². The number of esters is 1. The molecule has 1 aliphatic carbocycles. The zero-order chi connectivity index (χ0) is 12.8. The van der Waals surface area contributed by atoms with E-state index in [1.165, 1.54) is 33.3 Å². The Kier molecular flexibility index (Phi) is 5.41. The lowest BCUT2D eigenvalue weighted by molar-refractivity contribution is -0.144. The van der Waals surface area contributed by atoms with Gasteiger partial charge in [0.25, 0.3) is 0 Å². The van der Waals surface area contributed by atoms with Crippen molar-refractivity contribution in [3.63, 3.8) is 0 Å². The third-order valence-corrected chi connectivity index (χ3v) is 3.03. The molecule has 1 saturated carbocycles. The third kappa shape index (κ3) is 4.73. The van der Waals surface area contributed by atoms with E-state index in [0.717, 1.165) is 5.92 Å². The van der Waals surface area contributed by atoms with Crippen LogP contribution in [-0.2, 0) is 14.3 Å². The van der Waals surface area contributed by atoms with Crippen LogP contribution in [0.4, 0.5) is 0 Å². The SMILES string of the molecule is CCCC1CC1NCC(NC(C)=O)C(=O)OC. The fraction of sp³-hybridized carbons (Fsp3) is 0.833. The Balaban J connectivity index is 2.29. The molecule has 17 heavy (non-hydrogen) atoms. The summed E-state index contributed by atoms with van der Waals surface area (Å²) in [5.74, 6) is 0.110. The molecule has 3 unspecified atom stereocenters. The number of ether oxygens (including phenoxy) is 1. The number of methoxy groups -OCH3 is 1. The first kappa shape index (κ1) is 14.0. The van der Waals surface area contributed by atoms with E-state index in [0.29, 0.717) is 12.6 Å². The number of carbonyl (C=O) groups excluding carboxylic acids is 2. The van der Waals surface area contributed by atoms with Crippen molar-refractivity contribution in [2.24, 2.45) is 5.92 Å². The quantitative estimate of drug-likeness (QED) is 0.636. The Morgan fingerprint density at radius 3 is 2.71 bits per heavy atom. The molecule has 0 spiro atoms. The molecule has 98 valence electrons. The van der Waals surface area contributed by atoms with E-state index in [-0.39, 0.29) is 5.91 Å². The largest absolute Gasteiger partial charge is 0.467 e. The van der Waals surface area contributed by atoms with Gasteiger partial charge >= 0.3 is 5.97 Å². The van der Waals surface area contributed by atoms with Gasteiger partial charge in [-0.3, -0.25) is 4.79 Å². The molecule has 1 amide bonds. The van der Waals surface area contributed by atoms with Crippen molar-refractivity contribution >= 4 is 11.9 Å². The van der Waals surface area contributed by atoms with Crippen molar-refractivity contribution in [1.82, 2.24) is 10.6 Å². The fourth-order valence-electron chi connectivity index (χ4n) is 2.04. The highest BCUT2D eigenvalue weighted by molar-refractivity contribution is 5.83. The first-order valence-electron chi connectivity index (χ1n) is 6.16. The third-order valence-electron chi connectivity index (χ3n) is 3.03. The summed E-state index contributed by atoms with van der Waals surface area (Å²) < 4.78 is 4.65. The minimum atomic E-state index is -0.583. The number of carbonyl (C=O) groups is 2. The molecule has 0 saturated heterocycles. The molecule has 0 heterocycles. The van der Waals surface area contributed by atoms with Crippen LogP contribution in [0.1, 0.15) is 33.1 Å². The second-order valence-electron chi connectivity index (χ2n) is 4.58. The Labute approximate surface area is 102 Å². The van der Waals surface area contributed by atoms with Crippen LogP contribution < -0.4 is 10.6 Å². The fourth-order valence-corrected chi connectivity index (χ4v) is 2.04. The molecule has 0 aliphatic heterocycles. The average Bonchev–Trinajstić information content (AvgIpc) is 3.02. The van der Waals surface area contributed by atoms with Crippen LogP contribution in [0.15, 0.2) is 0 Å². The highest BCUT2D eigenvalue weighted by atomic mass is 16.5. The lowest BCUT2D eigenvalue weighted by Crippen LogP contribution is -2.47. The summed E-state index contributed by atoms with van der Waals surface area (Å²) in [4.78, 5) is 22.4. The predicted molar refractivity (Wildman–Crippen MR) is 64.4 cm³/mol. The minimum absolute atomic E-state index is 0.219. The van der Waals surface area contributed by atoms with Gasteiger partial charge in [-0.25, -0.2) is 4.79 Å². The van der Waals surface area contributed by atoms with Gasteiger partial charge in [-0.1, -0.05) is 13.3 Å². The average molecular weight is 242 g/mol. The molecule has 5 nitrogen and oxygen atoms in total. The van der Waals surface area contributed by atoms with Crippen LogP contribution in [0, 0.1) is 5.92 Å². The maximum absolute atomic E-state index is 11.4. The highest BCUT2D eigenvalue weighted by Gasteiger charge is 2.36. The summed E-state index contributed by atoms with van der Waals surface area (Å²) >= 11 is 0. The maximum atomic E-state index is 11.4. The van der Waals surface area contributed by atoms with E-state index in [1.807, 2.05) is 0 Å². The van der Waals surface area contributed by atoms with Gasteiger partial charge in [0.1, 0.15) is 6.04 Å². The zero-order valence-corrected chi connectivity index (χ0v) is 10.8. The normalized spacial score (nSPS) is 23.9. The minimum Gasteiger partial charge on any atom is -0.467 e. The van der Waals surface area contributed by atoms with Gasteiger partial charge in [-0.15, -0.1) is 0 Å². The van der Waals surface area contributed by atoms with Gasteiger partial charge in [-0.05, 0) is 18.8 Å². The van der Waals surface area contributed by atoms with Crippen LogP contribution >= 0.6 is 0 Å². The van der Waals surface area contributed by atoms with E-state index >= 15 is 0 Å². The Morgan fingerprint density at radius 1 is 1.47 bits per heavy atom. The monoisotopic (exact) mass is 242 g/mol. The van der Waals surface area contributed by atoms with E-state index in [4.69, 9.17) is 0 Å². The molecule has 0 bridgehead atoms.